The number of para-hydroxylation sites is 1. The Kier molecular flexibility index (Phi) is 4.61. The molecular formula is C15H20N2O3. The molecule has 2 N–H and O–H groups in total. The van der Waals surface area contributed by atoms with Gasteiger partial charge in [0.05, 0.1) is 11.3 Å². The van der Waals surface area contributed by atoms with E-state index in [2.05, 4.69) is 5.32 Å². The Morgan fingerprint density at radius 2 is 2.05 bits per heavy atom. The van der Waals surface area contributed by atoms with Gasteiger partial charge < -0.3 is 15.3 Å². The van der Waals surface area contributed by atoms with Crippen molar-refractivity contribution in [1.82, 2.24) is 4.90 Å². The predicted octanol–water partition coefficient (Wildman–Crippen LogP) is 3.04. The number of amides is 2. The van der Waals surface area contributed by atoms with Gasteiger partial charge in [0.1, 0.15) is 0 Å². The van der Waals surface area contributed by atoms with Crippen LogP contribution in [0.5, 0.6) is 0 Å². The lowest BCUT2D eigenvalue weighted by molar-refractivity contribution is 0.0698. The van der Waals surface area contributed by atoms with Crippen LogP contribution in [0.1, 0.15) is 36.5 Å². The number of carbonyl (C=O) groups is 2. The molecule has 1 aromatic carbocycles. The lowest BCUT2D eigenvalue weighted by Crippen LogP contribution is -2.40. The topological polar surface area (TPSA) is 69.6 Å². The second kappa shape index (κ2) is 6.41. The molecule has 0 saturated heterocycles. The van der Waals surface area contributed by atoms with E-state index in [0.717, 1.165) is 6.54 Å². The Balaban J connectivity index is 2.03. The van der Waals surface area contributed by atoms with Crippen LogP contribution >= 0.6 is 0 Å². The summed E-state index contributed by atoms with van der Waals surface area (Å²) < 4.78 is 0. The molecule has 1 aliphatic carbocycles. The highest BCUT2D eigenvalue weighted by molar-refractivity contribution is 5.99. The van der Waals surface area contributed by atoms with Crippen LogP contribution in [0.15, 0.2) is 24.3 Å². The van der Waals surface area contributed by atoms with Gasteiger partial charge in [-0.05, 0) is 37.8 Å². The van der Waals surface area contributed by atoms with Gasteiger partial charge in [0.2, 0.25) is 0 Å². The van der Waals surface area contributed by atoms with Crippen molar-refractivity contribution < 1.29 is 14.7 Å². The van der Waals surface area contributed by atoms with Crippen molar-refractivity contribution in [2.24, 2.45) is 5.92 Å². The Hall–Kier alpha value is -2.04. The molecule has 0 bridgehead atoms. The molecule has 0 atom stereocenters. The number of nitrogens with one attached hydrogen (secondary N) is 1. The number of rotatable bonds is 5. The largest absolute Gasteiger partial charge is 0.478 e. The number of hydrogen-bond donors (Lipinski definition) is 2. The van der Waals surface area contributed by atoms with Crippen LogP contribution < -0.4 is 5.32 Å². The summed E-state index contributed by atoms with van der Waals surface area (Å²) in [4.78, 5) is 25.1. The first-order chi connectivity index (χ1) is 9.61. The second-order valence-corrected chi connectivity index (χ2v) is 5.12. The summed E-state index contributed by atoms with van der Waals surface area (Å²) in [6, 6.07) is 6.22. The lowest BCUT2D eigenvalue weighted by atomic mass is 9.85. The average Bonchev–Trinajstić information content (AvgIpc) is 2.38. The minimum Gasteiger partial charge on any atom is -0.478 e. The van der Waals surface area contributed by atoms with Gasteiger partial charge in [-0.2, -0.15) is 0 Å². The molecular weight excluding hydrogens is 256 g/mol. The normalized spacial score (nSPS) is 14.4. The van der Waals surface area contributed by atoms with Crippen molar-refractivity contribution in [3.8, 4) is 0 Å². The summed E-state index contributed by atoms with van der Waals surface area (Å²) in [5.41, 5.74) is 0.456. The highest BCUT2D eigenvalue weighted by Crippen LogP contribution is 2.27. The molecule has 1 saturated carbocycles. The van der Waals surface area contributed by atoms with E-state index >= 15 is 0 Å². The molecule has 1 aliphatic rings. The maximum absolute atomic E-state index is 12.2. The fourth-order valence-corrected chi connectivity index (χ4v) is 2.32. The highest BCUT2D eigenvalue weighted by atomic mass is 16.4. The summed E-state index contributed by atoms with van der Waals surface area (Å²) in [5, 5.41) is 11.8. The number of nitrogens with zero attached hydrogens (tertiary/aromatic N) is 1. The monoisotopic (exact) mass is 276 g/mol. The van der Waals surface area contributed by atoms with Gasteiger partial charge in [0, 0.05) is 13.1 Å². The first-order valence-corrected chi connectivity index (χ1v) is 7.00. The van der Waals surface area contributed by atoms with E-state index in [1.807, 2.05) is 6.92 Å². The van der Waals surface area contributed by atoms with E-state index in [9.17, 15) is 9.59 Å². The molecule has 2 amide bonds. The van der Waals surface area contributed by atoms with Gasteiger partial charge in [0.15, 0.2) is 0 Å². The van der Waals surface area contributed by atoms with Crippen LogP contribution in [0.4, 0.5) is 10.5 Å². The van der Waals surface area contributed by atoms with Crippen molar-refractivity contribution >= 4 is 17.7 Å². The molecule has 0 heterocycles. The summed E-state index contributed by atoms with van der Waals surface area (Å²) in [5.74, 6) is -0.446. The van der Waals surface area contributed by atoms with Crippen LogP contribution in [-0.2, 0) is 0 Å². The Labute approximate surface area is 118 Å². The number of carbonyl (C=O) groups excluding carboxylic acids is 1. The molecule has 108 valence electrons. The molecule has 20 heavy (non-hydrogen) atoms. The average molecular weight is 276 g/mol. The summed E-state index contributed by atoms with van der Waals surface area (Å²) >= 11 is 0. The minimum absolute atomic E-state index is 0.112. The van der Waals surface area contributed by atoms with Crippen LogP contribution in [-0.4, -0.2) is 35.1 Å². The Morgan fingerprint density at radius 1 is 1.35 bits per heavy atom. The first kappa shape index (κ1) is 14.4. The van der Waals surface area contributed by atoms with Gasteiger partial charge in [-0.15, -0.1) is 0 Å². The molecule has 1 aromatic rings. The smallest absolute Gasteiger partial charge is 0.337 e. The van der Waals surface area contributed by atoms with E-state index in [0.29, 0.717) is 18.2 Å². The van der Waals surface area contributed by atoms with Crippen LogP contribution in [0, 0.1) is 5.92 Å². The molecule has 2 rings (SSSR count). The molecule has 0 spiro atoms. The number of carboxylic acids is 1. The molecule has 5 heteroatoms. The number of benzene rings is 1. The molecule has 1 fully saturated rings. The SMILES string of the molecule is CCN(CC1CCC1)C(=O)Nc1ccccc1C(=O)O. The van der Waals surface area contributed by atoms with Crippen molar-refractivity contribution in [2.45, 2.75) is 26.2 Å². The van der Waals surface area contributed by atoms with E-state index < -0.39 is 5.97 Å². The van der Waals surface area contributed by atoms with E-state index in [1.54, 1.807) is 23.1 Å². The van der Waals surface area contributed by atoms with Gasteiger partial charge in [-0.3, -0.25) is 0 Å². The fourth-order valence-electron chi connectivity index (χ4n) is 2.32. The van der Waals surface area contributed by atoms with Crippen LogP contribution in [0.2, 0.25) is 0 Å². The van der Waals surface area contributed by atoms with Crippen molar-refractivity contribution in [2.75, 3.05) is 18.4 Å². The third-order valence-electron chi connectivity index (χ3n) is 3.77. The van der Waals surface area contributed by atoms with Gasteiger partial charge in [-0.1, -0.05) is 18.6 Å². The predicted molar refractivity (Wildman–Crippen MR) is 77.0 cm³/mol. The van der Waals surface area contributed by atoms with Gasteiger partial charge >= 0.3 is 12.0 Å². The van der Waals surface area contributed by atoms with Crippen LogP contribution in [0.3, 0.4) is 0 Å². The summed E-state index contributed by atoms with van der Waals surface area (Å²) in [6.45, 7) is 3.30. The standard InChI is InChI=1S/C15H20N2O3/c1-2-17(10-11-6-5-7-11)15(20)16-13-9-4-3-8-12(13)14(18)19/h3-4,8-9,11H,2,5-7,10H2,1H3,(H,16,20)(H,18,19). The van der Waals surface area contributed by atoms with E-state index in [-0.39, 0.29) is 11.6 Å². The second-order valence-electron chi connectivity index (χ2n) is 5.12. The van der Waals surface area contributed by atoms with E-state index in [4.69, 9.17) is 5.11 Å². The van der Waals surface area contributed by atoms with Crippen molar-refractivity contribution in [3.05, 3.63) is 29.8 Å². The third kappa shape index (κ3) is 3.29. The zero-order valence-electron chi connectivity index (χ0n) is 11.6. The third-order valence-corrected chi connectivity index (χ3v) is 3.77. The highest BCUT2D eigenvalue weighted by Gasteiger charge is 2.23. The minimum atomic E-state index is -1.04. The summed E-state index contributed by atoms with van der Waals surface area (Å²) in [7, 11) is 0. The first-order valence-electron chi connectivity index (χ1n) is 7.00. The number of hydrogen-bond acceptors (Lipinski definition) is 2. The Morgan fingerprint density at radius 3 is 2.60 bits per heavy atom. The molecule has 0 unspecified atom stereocenters. The molecule has 0 aliphatic heterocycles. The van der Waals surface area contributed by atoms with Crippen molar-refractivity contribution in [1.29, 1.82) is 0 Å². The van der Waals surface area contributed by atoms with Gasteiger partial charge in [-0.25, -0.2) is 9.59 Å². The Bertz CT molecular complexity index is 498. The number of aromatic carboxylic acids is 1. The number of carboxylic acid groups (broad SMARTS) is 1. The number of anilines is 1. The van der Waals surface area contributed by atoms with Crippen LogP contribution in [0.25, 0.3) is 0 Å². The quantitative estimate of drug-likeness (QED) is 0.868. The molecule has 0 aromatic heterocycles. The van der Waals surface area contributed by atoms with Crippen molar-refractivity contribution in [3.63, 3.8) is 0 Å². The van der Waals surface area contributed by atoms with E-state index in [1.165, 1.54) is 25.3 Å². The maximum atomic E-state index is 12.2. The fraction of sp³-hybridized carbons (Fsp3) is 0.467. The maximum Gasteiger partial charge on any atom is 0.337 e. The van der Waals surface area contributed by atoms with Gasteiger partial charge in [0.25, 0.3) is 0 Å². The summed E-state index contributed by atoms with van der Waals surface area (Å²) in [6.07, 6.45) is 3.59. The zero-order chi connectivity index (χ0) is 14.5. The zero-order valence-corrected chi connectivity index (χ0v) is 11.6. The lowest BCUT2D eigenvalue weighted by Gasteiger charge is -2.31. The number of urea groups is 1. The molecule has 5 nitrogen and oxygen atoms in total. The molecule has 0 radical (unpaired) electrons.